The maximum atomic E-state index is 8.81. The van der Waals surface area contributed by atoms with Crippen LogP contribution in [0.2, 0.25) is 0 Å². The van der Waals surface area contributed by atoms with E-state index in [-0.39, 0.29) is 6.61 Å². The van der Waals surface area contributed by atoms with E-state index in [1.807, 2.05) is 24.4 Å². The lowest BCUT2D eigenvalue weighted by molar-refractivity contribution is 0.203. The Morgan fingerprint density at radius 1 is 1.36 bits per heavy atom. The fraction of sp³-hybridized carbons (Fsp3) is 0.545. The van der Waals surface area contributed by atoms with Crippen LogP contribution in [0.15, 0.2) is 24.4 Å². The second-order valence-electron chi connectivity index (χ2n) is 3.23. The van der Waals surface area contributed by atoms with Crippen molar-refractivity contribution in [2.24, 2.45) is 0 Å². The summed E-state index contributed by atoms with van der Waals surface area (Å²) in [5.41, 5.74) is 1.11. The minimum Gasteiger partial charge on any atom is -0.395 e. The molecule has 0 amide bonds. The van der Waals surface area contributed by atoms with Gasteiger partial charge in [-0.25, -0.2) is 0 Å². The van der Waals surface area contributed by atoms with Gasteiger partial charge < -0.3 is 10.0 Å². The Balaban J connectivity index is 2.32. The minimum atomic E-state index is 0.232. The van der Waals surface area contributed by atoms with Gasteiger partial charge in [-0.3, -0.25) is 4.98 Å². The Morgan fingerprint density at radius 2 is 2.21 bits per heavy atom. The number of hydrogen-bond acceptors (Lipinski definition) is 3. The highest BCUT2D eigenvalue weighted by atomic mass is 16.3. The first-order chi connectivity index (χ1) is 6.86. The highest BCUT2D eigenvalue weighted by Gasteiger charge is 2.01. The van der Waals surface area contributed by atoms with Crippen molar-refractivity contribution in [3.05, 3.63) is 30.1 Å². The maximum Gasteiger partial charge on any atom is 0.0558 e. The minimum absolute atomic E-state index is 0.232. The molecule has 1 aromatic heterocycles. The first-order valence-electron chi connectivity index (χ1n) is 5.10. The van der Waals surface area contributed by atoms with Crippen molar-refractivity contribution in [1.82, 2.24) is 9.88 Å². The normalized spacial score (nSPS) is 10.8. The van der Waals surface area contributed by atoms with E-state index < -0.39 is 0 Å². The van der Waals surface area contributed by atoms with E-state index in [1.165, 1.54) is 0 Å². The van der Waals surface area contributed by atoms with E-state index >= 15 is 0 Å². The van der Waals surface area contributed by atoms with Gasteiger partial charge in [-0.15, -0.1) is 0 Å². The van der Waals surface area contributed by atoms with E-state index in [0.717, 1.165) is 31.7 Å². The number of hydrogen-bond donors (Lipinski definition) is 1. The van der Waals surface area contributed by atoms with E-state index in [0.29, 0.717) is 0 Å². The van der Waals surface area contributed by atoms with Crippen molar-refractivity contribution < 1.29 is 5.11 Å². The van der Waals surface area contributed by atoms with Crippen LogP contribution in [-0.2, 0) is 6.42 Å². The topological polar surface area (TPSA) is 36.4 Å². The third-order valence-electron chi connectivity index (χ3n) is 2.27. The summed E-state index contributed by atoms with van der Waals surface area (Å²) in [7, 11) is 0. The van der Waals surface area contributed by atoms with Gasteiger partial charge >= 0.3 is 0 Å². The van der Waals surface area contributed by atoms with Crippen LogP contribution < -0.4 is 0 Å². The summed E-state index contributed by atoms with van der Waals surface area (Å²) in [6.45, 7) is 5.04. The van der Waals surface area contributed by atoms with Crippen LogP contribution in [0.4, 0.5) is 0 Å². The molecule has 0 saturated carbocycles. The summed E-state index contributed by atoms with van der Waals surface area (Å²) in [4.78, 5) is 6.47. The van der Waals surface area contributed by atoms with Gasteiger partial charge in [0.05, 0.1) is 6.61 Å². The zero-order valence-corrected chi connectivity index (χ0v) is 8.69. The number of likely N-dealkylation sites (N-methyl/N-ethyl adjacent to an activating group) is 1. The standard InChI is InChI=1S/C11H18N2O/c1-2-13(9-10-14)8-6-11-5-3-4-7-12-11/h3-5,7,14H,2,6,8-10H2,1H3. The summed E-state index contributed by atoms with van der Waals surface area (Å²) in [5.74, 6) is 0. The molecule has 0 bridgehead atoms. The molecule has 3 nitrogen and oxygen atoms in total. The Bertz CT molecular complexity index is 238. The van der Waals surface area contributed by atoms with Crippen LogP contribution in [0, 0.1) is 0 Å². The smallest absolute Gasteiger partial charge is 0.0558 e. The van der Waals surface area contributed by atoms with Crippen molar-refractivity contribution >= 4 is 0 Å². The van der Waals surface area contributed by atoms with Crippen molar-refractivity contribution in [3.63, 3.8) is 0 Å². The number of aliphatic hydroxyl groups is 1. The fourth-order valence-corrected chi connectivity index (χ4v) is 1.39. The SMILES string of the molecule is CCN(CCO)CCc1ccccn1. The number of aromatic nitrogens is 1. The second kappa shape index (κ2) is 6.51. The molecule has 0 atom stereocenters. The highest BCUT2D eigenvalue weighted by molar-refractivity contribution is 5.03. The average molecular weight is 194 g/mol. The molecule has 0 radical (unpaired) electrons. The molecule has 1 aromatic rings. The van der Waals surface area contributed by atoms with Gasteiger partial charge in [-0.2, -0.15) is 0 Å². The van der Waals surface area contributed by atoms with Crippen LogP contribution in [0.1, 0.15) is 12.6 Å². The van der Waals surface area contributed by atoms with Gasteiger partial charge in [0.25, 0.3) is 0 Å². The quantitative estimate of drug-likeness (QED) is 0.732. The van der Waals surface area contributed by atoms with Crippen LogP contribution in [0.25, 0.3) is 0 Å². The Kier molecular flexibility index (Phi) is 5.19. The first-order valence-corrected chi connectivity index (χ1v) is 5.10. The molecule has 0 fully saturated rings. The van der Waals surface area contributed by atoms with Crippen molar-refractivity contribution in [2.75, 3.05) is 26.2 Å². The van der Waals surface area contributed by atoms with Crippen LogP contribution in [0.3, 0.4) is 0 Å². The molecule has 0 aliphatic heterocycles. The van der Waals surface area contributed by atoms with Crippen LogP contribution in [0.5, 0.6) is 0 Å². The highest BCUT2D eigenvalue weighted by Crippen LogP contribution is 1.97. The van der Waals surface area contributed by atoms with E-state index in [1.54, 1.807) is 0 Å². The number of rotatable bonds is 6. The summed E-state index contributed by atoms with van der Waals surface area (Å²) >= 11 is 0. The molecule has 1 heterocycles. The van der Waals surface area contributed by atoms with E-state index in [4.69, 9.17) is 5.11 Å². The van der Waals surface area contributed by atoms with Crippen molar-refractivity contribution in [2.45, 2.75) is 13.3 Å². The predicted molar refractivity (Wildman–Crippen MR) is 57.1 cm³/mol. The summed E-state index contributed by atoms with van der Waals surface area (Å²) in [6, 6.07) is 5.96. The molecule has 0 aromatic carbocycles. The number of nitrogens with zero attached hydrogens (tertiary/aromatic N) is 2. The Hall–Kier alpha value is -0.930. The van der Waals surface area contributed by atoms with Gasteiger partial charge in [0.1, 0.15) is 0 Å². The molecule has 1 rings (SSSR count). The van der Waals surface area contributed by atoms with Crippen LogP contribution >= 0.6 is 0 Å². The van der Waals surface area contributed by atoms with E-state index in [2.05, 4.69) is 16.8 Å². The lowest BCUT2D eigenvalue weighted by atomic mass is 10.2. The lowest BCUT2D eigenvalue weighted by Crippen LogP contribution is -2.28. The molecule has 0 saturated heterocycles. The third-order valence-corrected chi connectivity index (χ3v) is 2.27. The monoisotopic (exact) mass is 194 g/mol. The molecule has 3 heteroatoms. The zero-order chi connectivity index (χ0) is 10.2. The number of aliphatic hydroxyl groups excluding tert-OH is 1. The lowest BCUT2D eigenvalue weighted by Gasteiger charge is -2.18. The second-order valence-corrected chi connectivity index (χ2v) is 3.23. The Morgan fingerprint density at radius 3 is 2.79 bits per heavy atom. The molecule has 0 spiro atoms. The molecule has 0 aliphatic rings. The number of pyridine rings is 1. The molecular weight excluding hydrogens is 176 g/mol. The van der Waals surface area contributed by atoms with Gasteiger partial charge in [-0.1, -0.05) is 13.0 Å². The average Bonchev–Trinajstić information content (AvgIpc) is 2.25. The van der Waals surface area contributed by atoms with Crippen molar-refractivity contribution in [1.29, 1.82) is 0 Å². The largest absolute Gasteiger partial charge is 0.395 e. The molecule has 1 N–H and O–H groups in total. The molecule has 14 heavy (non-hydrogen) atoms. The fourth-order valence-electron chi connectivity index (χ4n) is 1.39. The molecular formula is C11H18N2O. The van der Waals surface area contributed by atoms with Gasteiger partial charge in [0.15, 0.2) is 0 Å². The van der Waals surface area contributed by atoms with Gasteiger partial charge in [0, 0.05) is 31.4 Å². The molecule has 0 aliphatic carbocycles. The predicted octanol–water partition coefficient (Wildman–Crippen LogP) is 0.938. The summed E-state index contributed by atoms with van der Waals surface area (Å²) in [5, 5.41) is 8.81. The zero-order valence-electron chi connectivity index (χ0n) is 8.69. The van der Waals surface area contributed by atoms with Gasteiger partial charge in [-0.05, 0) is 18.7 Å². The van der Waals surface area contributed by atoms with Gasteiger partial charge in [0.2, 0.25) is 0 Å². The summed E-state index contributed by atoms with van der Waals surface area (Å²) < 4.78 is 0. The maximum absolute atomic E-state index is 8.81. The first kappa shape index (κ1) is 11.1. The third kappa shape index (κ3) is 3.85. The molecule has 0 unspecified atom stereocenters. The summed E-state index contributed by atoms with van der Waals surface area (Å²) in [6.07, 6.45) is 2.77. The van der Waals surface area contributed by atoms with Crippen LogP contribution in [-0.4, -0.2) is 41.2 Å². The van der Waals surface area contributed by atoms with Crippen molar-refractivity contribution in [3.8, 4) is 0 Å². The Labute approximate surface area is 85.4 Å². The van der Waals surface area contributed by atoms with E-state index in [9.17, 15) is 0 Å². The molecule has 78 valence electrons.